The number of aryl methyl sites for hydroxylation is 1. The molecule has 10 heteroatoms. The standard InChI is InChI=1S/C21H25F3N6O/c1-14(29-11-5-4-6-19(29)20(31)25-3)7-8-16-9-10-18(21(22,23)24)12-17(16)13-30-27-15(2)26-28-30/h7-10,12,19H,1,4-6,11,13H2,2-3H3,(H,25,31)/b8-7+/t19-/m0/s1. The van der Waals surface area contributed by atoms with Crippen LogP contribution in [0.15, 0.2) is 36.6 Å². The molecule has 0 aliphatic carbocycles. The molecular formula is C21H25F3N6O. The molecule has 7 nitrogen and oxygen atoms in total. The molecular weight excluding hydrogens is 409 g/mol. The molecule has 1 aliphatic heterocycles. The summed E-state index contributed by atoms with van der Waals surface area (Å²) in [5, 5.41) is 14.4. The number of aromatic nitrogens is 4. The molecule has 166 valence electrons. The number of nitrogens with zero attached hydrogens (tertiary/aromatic N) is 5. The van der Waals surface area contributed by atoms with E-state index in [1.807, 2.05) is 4.90 Å². The van der Waals surface area contributed by atoms with Crippen LogP contribution in [0.2, 0.25) is 0 Å². The van der Waals surface area contributed by atoms with Crippen molar-refractivity contribution in [1.82, 2.24) is 30.4 Å². The lowest BCUT2D eigenvalue weighted by atomic mass is 9.99. The number of carbonyl (C=O) groups is 1. The van der Waals surface area contributed by atoms with Crippen molar-refractivity contribution in [2.75, 3.05) is 13.6 Å². The summed E-state index contributed by atoms with van der Waals surface area (Å²) in [6, 6.07) is 3.25. The van der Waals surface area contributed by atoms with Gasteiger partial charge in [-0.05, 0) is 60.7 Å². The monoisotopic (exact) mass is 434 g/mol. The van der Waals surface area contributed by atoms with E-state index in [2.05, 4.69) is 27.3 Å². The van der Waals surface area contributed by atoms with Crippen molar-refractivity contribution in [2.24, 2.45) is 0 Å². The third kappa shape index (κ3) is 5.50. The van der Waals surface area contributed by atoms with Crippen molar-refractivity contribution in [3.63, 3.8) is 0 Å². The number of allylic oxidation sites excluding steroid dienone is 1. The fourth-order valence-electron chi connectivity index (χ4n) is 3.62. The lowest BCUT2D eigenvalue weighted by Gasteiger charge is -2.36. The van der Waals surface area contributed by atoms with Gasteiger partial charge in [0.25, 0.3) is 0 Å². The molecule has 1 atom stereocenters. The van der Waals surface area contributed by atoms with Gasteiger partial charge in [-0.25, -0.2) is 0 Å². The van der Waals surface area contributed by atoms with Crippen LogP contribution in [0.5, 0.6) is 0 Å². The first-order valence-electron chi connectivity index (χ1n) is 9.99. The molecule has 1 aliphatic rings. The number of halogens is 3. The van der Waals surface area contributed by atoms with Gasteiger partial charge in [-0.3, -0.25) is 4.79 Å². The fourth-order valence-corrected chi connectivity index (χ4v) is 3.62. The molecule has 1 fully saturated rings. The number of likely N-dealkylation sites (tertiary alicyclic amines) is 1. The molecule has 0 bridgehead atoms. The number of rotatable bonds is 6. The molecule has 2 heterocycles. The third-order valence-corrected chi connectivity index (χ3v) is 5.21. The summed E-state index contributed by atoms with van der Waals surface area (Å²) < 4.78 is 39.7. The molecule has 0 spiro atoms. The molecule has 31 heavy (non-hydrogen) atoms. The zero-order chi connectivity index (χ0) is 22.6. The summed E-state index contributed by atoms with van der Waals surface area (Å²) in [5.41, 5.74) is 0.871. The summed E-state index contributed by atoms with van der Waals surface area (Å²) in [5.74, 6) is 0.361. The molecule has 1 N–H and O–H groups in total. The summed E-state index contributed by atoms with van der Waals surface area (Å²) >= 11 is 0. The van der Waals surface area contributed by atoms with E-state index >= 15 is 0 Å². The zero-order valence-electron chi connectivity index (χ0n) is 17.5. The second kappa shape index (κ2) is 9.32. The number of nitrogens with one attached hydrogen (secondary N) is 1. The van der Waals surface area contributed by atoms with Gasteiger partial charge in [-0.15, -0.1) is 10.2 Å². The van der Waals surface area contributed by atoms with Crippen LogP contribution in [0.25, 0.3) is 6.08 Å². The Labute approximate surface area is 178 Å². The Morgan fingerprint density at radius 2 is 2.13 bits per heavy atom. The predicted molar refractivity (Wildman–Crippen MR) is 110 cm³/mol. The van der Waals surface area contributed by atoms with Crippen LogP contribution >= 0.6 is 0 Å². The van der Waals surface area contributed by atoms with Gasteiger partial charge >= 0.3 is 6.18 Å². The maximum Gasteiger partial charge on any atom is 0.416 e. The van der Waals surface area contributed by atoms with Crippen molar-refractivity contribution >= 4 is 12.0 Å². The fraction of sp³-hybridized carbons (Fsp3) is 0.429. The predicted octanol–water partition coefficient (Wildman–Crippen LogP) is 3.18. The molecule has 0 saturated carbocycles. The number of benzene rings is 1. The van der Waals surface area contributed by atoms with Gasteiger partial charge in [0.05, 0.1) is 12.1 Å². The minimum Gasteiger partial charge on any atom is -0.360 e. The summed E-state index contributed by atoms with van der Waals surface area (Å²) in [6.45, 7) is 6.47. The van der Waals surface area contributed by atoms with Crippen LogP contribution in [0.4, 0.5) is 13.2 Å². The summed E-state index contributed by atoms with van der Waals surface area (Å²) in [7, 11) is 1.60. The molecule has 1 aromatic carbocycles. The first-order chi connectivity index (χ1) is 14.7. The van der Waals surface area contributed by atoms with E-state index in [9.17, 15) is 18.0 Å². The number of hydrogen-bond acceptors (Lipinski definition) is 5. The quantitative estimate of drug-likeness (QED) is 0.707. The van der Waals surface area contributed by atoms with Gasteiger partial charge in [0, 0.05) is 19.3 Å². The van der Waals surface area contributed by atoms with E-state index in [0.29, 0.717) is 29.2 Å². The van der Waals surface area contributed by atoms with Crippen molar-refractivity contribution < 1.29 is 18.0 Å². The smallest absolute Gasteiger partial charge is 0.360 e. The zero-order valence-corrected chi connectivity index (χ0v) is 17.5. The van der Waals surface area contributed by atoms with Gasteiger partial charge in [0.1, 0.15) is 6.04 Å². The molecule has 1 saturated heterocycles. The Morgan fingerprint density at radius 1 is 1.35 bits per heavy atom. The van der Waals surface area contributed by atoms with Gasteiger partial charge in [-0.1, -0.05) is 18.7 Å². The Balaban J connectivity index is 1.87. The van der Waals surface area contributed by atoms with Crippen LogP contribution in [-0.4, -0.2) is 50.6 Å². The SMILES string of the molecule is C=C(/C=C/c1ccc(C(F)(F)F)cc1Cn1nnc(C)n1)N1CCCC[C@H]1C(=O)NC. The van der Waals surface area contributed by atoms with Crippen molar-refractivity contribution in [3.05, 3.63) is 59.1 Å². The van der Waals surface area contributed by atoms with E-state index in [1.54, 1.807) is 26.1 Å². The highest BCUT2D eigenvalue weighted by Gasteiger charge is 2.31. The van der Waals surface area contributed by atoms with Gasteiger partial charge in [0.15, 0.2) is 5.82 Å². The highest BCUT2D eigenvalue weighted by Crippen LogP contribution is 2.31. The maximum atomic E-state index is 13.2. The van der Waals surface area contributed by atoms with E-state index in [4.69, 9.17) is 0 Å². The Morgan fingerprint density at radius 3 is 2.77 bits per heavy atom. The van der Waals surface area contributed by atoms with Crippen molar-refractivity contribution in [1.29, 1.82) is 0 Å². The first kappa shape index (κ1) is 22.5. The first-order valence-corrected chi connectivity index (χ1v) is 9.99. The average molecular weight is 434 g/mol. The number of amides is 1. The van der Waals surface area contributed by atoms with E-state index in [1.165, 1.54) is 10.9 Å². The van der Waals surface area contributed by atoms with Gasteiger partial charge in [-0.2, -0.15) is 18.0 Å². The van der Waals surface area contributed by atoms with Crippen LogP contribution in [0.3, 0.4) is 0 Å². The van der Waals surface area contributed by atoms with Gasteiger partial charge in [0.2, 0.25) is 5.91 Å². The topological polar surface area (TPSA) is 75.9 Å². The second-order valence-electron chi connectivity index (χ2n) is 7.42. The van der Waals surface area contributed by atoms with E-state index in [-0.39, 0.29) is 18.5 Å². The molecule has 3 rings (SSSR count). The van der Waals surface area contributed by atoms with Crippen LogP contribution in [0.1, 0.15) is 41.8 Å². The molecule has 1 amide bonds. The number of piperidine rings is 1. The number of likely N-dealkylation sites (N-methyl/N-ethyl adjacent to an activating group) is 1. The Hall–Kier alpha value is -3.17. The molecule has 0 radical (unpaired) electrons. The number of tetrazole rings is 1. The number of hydrogen-bond donors (Lipinski definition) is 1. The highest BCUT2D eigenvalue weighted by molar-refractivity contribution is 5.82. The molecule has 2 aromatic rings. The summed E-state index contributed by atoms with van der Waals surface area (Å²) in [4.78, 5) is 15.4. The lowest BCUT2D eigenvalue weighted by molar-refractivity contribution is -0.137. The normalized spacial score (nSPS) is 17.2. The minimum absolute atomic E-state index is 0.0431. The van der Waals surface area contributed by atoms with Crippen LogP contribution in [-0.2, 0) is 17.5 Å². The van der Waals surface area contributed by atoms with E-state index in [0.717, 1.165) is 31.4 Å². The molecule has 1 aromatic heterocycles. The highest BCUT2D eigenvalue weighted by atomic mass is 19.4. The Kier molecular flexibility index (Phi) is 6.77. The van der Waals surface area contributed by atoms with Gasteiger partial charge < -0.3 is 10.2 Å². The number of alkyl halides is 3. The Bertz CT molecular complexity index is 982. The van der Waals surface area contributed by atoms with Crippen LogP contribution < -0.4 is 5.32 Å². The lowest BCUT2D eigenvalue weighted by Crippen LogP contribution is -2.47. The summed E-state index contributed by atoms with van der Waals surface area (Å²) in [6.07, 6.45) is 1.61. The third-order valence-electron chi connectivity index (χ3n) is 5.21. The van der Waals surface area contributed by atoms with E-state index < -0.39 is 11.7 Å². The van der Waals surface area contributed by atoms with Crippen molar-refractivity contribution in [3.8, 4) is 0 Å². The second-order valence-corrected chi connectivity index (χ2v) is 7.42. The average Bonchev–Trinajstić information content (AvgIpc) is 3.15. The maximum absolute atomic E-state index is 13.2. The van der Waals surface area contributed by atoms with Crippen molar-refractivity contribution in [2.45, 2.75) is 44.9 Å². The van der Waals surface area contributed by atoms with Crippen LogP contribution in [0, 0.1) is 6.92 Å². The minimum atomic E-state index is -4.46. The molecule has 0 unspecified atom stereocenters. The number of carbonyl (C=O) groups excluding carboxylic acids is 1. The largest absolute Gasteiger partial charge is 0.416 e.